The molecule has 0 aliphatic heterocycles. The highest BCUT2D eigenvalue weighted by Gasteiger charge is 2.09. The van der Waals surface area contributed by atoms with E-state index in [9.17, 15) is 13.2 Å². The molecule has 0 aliphatic rings. The Morgan fingerprint density at radius 2 is 2.18 bits per heavy atom. The molecule has 120 valence electrons. The molecule has 0 heterocycles. The number of ether oxygens (including phenoxy) is 1. The molecule has 1 rings (SSSR count). The summed E-state index contributed by atoms with van der Waals surface area (Å²) < 4.78 is 28.4. The van der Waals surface area contributed by atoms with Crippen molar-refractivity contribution in [1.29, 1.82) is 0 Å². The van der Waals surface area contributed by atoms with Crippen LogP contribution >= 0.6 is 0 Å². The van der Waals surface area contributed by atoms with Gasteiger partial charge in [0.1, 0.15) is 5.75 Å². The molecule has 1 aromatic carbocycles. The lowest BCUT2D eigenvalue weighted by Gasteiger charge is -2.17. The summed E-state index contributed by atoms with van der Waals surface area (Å²) in [5.41, 5.74) is 0. The minimum Gasteiger partial charge on any atom is -0.493 e. The summed E-state index contributed by atoms with van der Waals surface area (Å²) in [5.74, 6) is 2.82. The van der Waals surface area contributed by atoms with E-state index >= 15 is 0 Å². The fourth-order valence-corrected chi connectivity index (χ4v) is 2.31. The minimum absolute atomic E-state index is 0.192. The molecule has 22 heavy (non-hydrogen) atoms. The molecule has 0 spiro atoms. The van der Waals surface area contributed by atoms with Gasteiger partial charge in [-0.2, -0.15) is 0 Å². The normalized spacial score (nSPS) is 10.6. The average Bonchev–Trinajstić information content (AvgIpc) is 2.48. The Hall–Kier alpha value is -2.20. The summed E-state index contributed by atoms with van der Waals surface area (Å²) in [5, 5.41) is 2.56. The molecule has 0 aromatic heterocycles. The van der Waals surface area contributed by atoms with Gasteiger partial charge in [0.15, 0.2) is 9.84 Å². The SMILES string of the molecule is C#CCNC(=O)N(C)CCCOc1cccc(S(C)(=O)=O)c1. The zero-order chi connectivity index (χ0) is 16.6. The molecule has 0 saturated heterocycles. The van der Waals surface area contributed by atoms with Gasteiger partial charge in [0.05, 0.1) is 18.0 Å². The average molecular weight is 324 g/mol. The topological polar surface area (TPSA) is 75.7 Å². The molecule has 0 fully saturated rings. The maximum Gasteiger partial charge on any atom is 0.317 e. The summed E-state index contributed by atoms with van der Waals surface area (Å²) >= 11 is 0. The third-order valence-corrected chi connectivity index (χ3v) is 3.94. The van der Waals surface area contributed by atoms with Crippen LogP contribution in [0.3, 0.4) is 0 Å². The molecule has 0 radical (unpaired) electrons. The van der Waals surface area contributed by atoms with Crippen molar-refractivity contribution in [3.8, 4) is 18.1 Å². The number of carbonyl (C=O) groups is 1. The van der Waals surface area contributed by atoms with Crippen LogP contribution in [0.5, 0.6) is 5.75 Å². The van der Waals surface area contributed by atoms with Crippen LogP contribution in [-0.2, 0) is 9.84 Å². The predicted molar refractivity (Wildman–Crippen MR) is 84.5 cm³/mol. The second-order valence-electron chi connectivity index (χ2n) is 4.73. The standard InChI is InChI=1S/C15H20N2O4S/c1-4-9-16-15(18)17(2)10-6-11-21-13-7-5-8-14(12-13)22(3,19)20/h1,5,7-8,12H,6,9-11H2,2-3H3,(H,16,18). The first-order valence-corrected chi connectivity index (χ1v) is 8.59. The number of carbonyl (C=O) groups excluding carboxylic acids is 1. The lowest BCUT2D eigenvalue weighted by atomic mass is 10.3. The molecule has 1 aromatic rings. The van der Waals surface area contributed by atoms with Crippen molar-refractivity contribution >= 4 is 15.9 Å². The summed E-state index contributed by atoms with van der Waals surface area (Å²) in [6.45, 7) is 1.07. The van der Waals surface area contributed by atoms with Crippen LogP contribution in [0.4, 0.5) is 4.79 Å². The van der Waals surface area contributed by atoms with E-state index in [1.165, 1.54) is 17.0 Å². The summed E-state index contributed by atoms with van der Waals surface area (Å²) in [4.78, 5) is 13.3. The van der Waals surface area contributed by atoms with Crippen molar-refractivity contribution in [1.82, 2.24) is 10.2 Å². The number of amides is 2. The van der Waals surface area contributed by atoms with Crippen LogP contribution in [0.15, 0.2) is 29.2 Å². The van der Waals surface area contributed by atoms with E-state index in [4.69, 9.17) is 11.2 Å². The maximum absolute atomic E-state index is 11.5. The molecule has 0 bridgehead atoms. The van der Waals surface area contributed by atoms with E-state index < -0.39 is 9.84 Å². The monoisotopic (exact) mass is 324 g/mol. The van der Waals surface area contributed by atoms with Crippen LogP contribution in [0.1, 0.15) is 6.42 Å². The molecular formula is C15H20N2O4S. The smallest absolute Gasteiger partial charge is 0.317 e. The van der Waals surface area contributed by atoms with Crippen molar-refractivity contribution in [3.63, 3.8) is 0 Å². The van der Waals surface area contributed by atoms with Crippen LogP contribution in [-0.4, -0.2) is 52.3 Å². The predicted octanol–water partition coefficient (Wildman–Crippen LogP) is 1.13. The van der Waals surface area contributed by atoms with Gasteiger partial charge in [-0.3, -0.25) is 0 Å². The Morgan fingerprint density at radius 3 is 2.82 bits per heavy atom. The van der Waals surface area contributed by atoms with E-state index in [2.05, 4.69) is 11.2 Å². The fourth-order valence-electron chi connectivity index (χ4n) is 1.65. The number of urea groups is 1. The van der Waals surface area contributed by atoms with Gasteiger partial charge in [-0.25, -0.2) is 13.2 Å². The van der Waals surface area contributed by atoms with Crippen molar-refractivity contribution in [2.24, 2.45) is 0 Å². The first-order chi connectivity index (χ1) is 10.3. The number of terminal acetylenes is 1. The van der Waals surface area contributed by atoms with Crippen molar-refractivity contribution in [3.05, 3.63) is 24.3 Å². The summed E-state index contributed by atoms with van der Waals surface area (Å²) in [7, 11) is -1.58. The number of benzene rings is 1. The number of rotatable bonds is 7. The highest BCUT2D eigenvalue weighted by molar-refractivity contribution is 7.90. The fraction of sp³-hybridized carbons (Fsp3) is 0.400. The largest absolute Gasteiger partial charge is 0.493 e. The van der Waals surface area contributed by atoms with E-state index in [0.717, 1.165) is 6.26 Å². The third kappa shape index (κ3) is 6.06. The minimum atomic E-state index is -3.25. The highest BCUT2D eigenvalue weighted by atomic mass is 32.2. The number of sulfone groups is 1. The third-order valence-electron chi connectivity index (χ3n) is 2.83. The Kier molecular flexibility index (Phi) is 6.73. The number of hydrogen-bond donors (Lipinski definition) is 1. The van der Waals surface area contributed by atoms with Crippen LogP contribution < -0.4 is 10.1 Å². The van der Waals surface area contributed by atoms with Gasteiger partial charge in [-0.15, -0.1) is 6.42 Å². The van der Waals surface area contributed by atoms with Gasteiger partial charge in [0.25, 0.3) is 0 Å². The van der Waals surface area contributed by atoms with E-state index in [1.807, 2.05) is 0 Å². The van der Waals surface area contributed by atoms with Crippen LogP contribution in [0.25, 0.3) is 0 Å². The van der Waals surface area contributed by atoms with Crippen molar-refractivity contribution < 1.29 is 17.9 Å². The van der Waals surface area contributed by atoms with Crippen LogP contribution in [0.2, 0.25) is 0 Å². The zero-order valence-corrected chi connectivity index (χ0v) is 13.5. The Balaban J connectivity index is 2.39. The molecule has 6 nitrogen and oxygen atoms in total. The molecular weight excluding hydrogens is 304 g/mol. The first kappa shape index (κ1) is 17.9. The van der Waals surface area contributed by atoms with Crippen molar-refractivity contribution in [2.75, 3.05) is 33.0 Å². The first-order valence-electron chi connectivity index (χ1n) is 6.70. The van der Waals surface area contributed by atoms with Gasteiger partial charge < -0.3 is 15.0 Å². The van der Waals surface area contributed by atoms with Gasteiger partial charge in [-0.1, -0.05) is 12.0 Å². The van der Waals surface area contributed by atoms with Gasteiger partial charge in [-0.05, 0) is 24.6 Å². The van der Waals surface area contributed by atoms with Crippen LogP contribution in [0, 0.1) is 12.3 Å². The van der Waals surface area contributed by atoms with E-state index in [-0.39, 0.29) is 17.5 Å². The maximum atomic E-state index is 11.5. The Morgan fingerprint density at radius 1 is 1.45 bits per heavy atom. The zero-order valence-electron chi connectivity index (χ0n) is 12.7. The number of nitrogens with one attached hydrogen (secondary N) is 1. The Bertz CT molecular complexity index is 650. The van der Waals surface area contributed by atoms with E-state index in [1.54, 1.807) is 19.2 Å². The lowest BCUT2D eigenvalue weighted by molar-refractivity contribution is 0.204. The number of nitrogens with zero attached hydrogens (tertiary/aromatic N) is 1. The molecule has 0 aliphatic carbocycles. The molecule has 2 amide bonds. The summed E-state index contributed by atoms with van der Waals surface area (Å²) in [6.07, 6.45) is 6.82. The lowest BCUT2D eigenvalue weighted by Crippen LogP contribution is -2.38. The van der Waals surface area contributed by atoms with Crippen molar-refractivity contribution in [2.45, 2.75) is 11.3 Å². The number of hydrogen-bond acceptors (Lipinski definition) is 4. The molecule has 0 unspecified atom stereocenters. The molecule has 1 N–H and O–H groups in total. The van der Waals surface area contributed by atoms with Gasteiger partial charge >= 0.3 is 6.03 Å². The molecule has 0 atom stereocenters. The van der Waals surface area contributed by atoms with Gasteiger partial charge in [0, 0.05) is 19.8 Å². The highest BCUT2D eigenvalue weighted by Crippen LogP contribution is 2.17. The van der Waals surface area contributed by atoms with Gasteiger partial charge in [0.2, 0.25) is 0 Å². The molecule has 7 heteroatoms. The van der Waals surface area contributed by atoms with E-state index in [0.29, 0.717) is 25.3 Å². The second-order valence-corrected chi connectivity index (χ2v) is 6.75. The second kappa shape index (κ2) is 8.29. The Labute approximate surface area is 131 Å². The molecule has 0 saturated carbocycles. The quantitative estimate of drug-likeness (QED) is 0.603. The summed E-state index contributed by atoms with van der Waals surface area (Å²) in [6, 6.07) is 6.09.